The van der Waals surface area contributed by atoms with Gasteiger partial charge in [0.05, 0.1) is 16.5 Å². The third kappa shape index (κ3) is 4.20. The van der Waals surface area contributed by atoms with Gasteiger partial charge in [0.15, 0.2) is 0 Å². The molecular formula is C19H17N3OS. The second-order valence-corrected chi connectivity index (χ2v) is 6.25. The van der Waals surface area contributed by atoms with Crippen molar-refractivity contribution in [1.29, 1.82) is 0 Å². The minimum atomic E-state index is -0.147. The van der Waals surface area contributed by atoms with Crippen LogP contribution in [0, 0.1) is 0 Å². The molecule has 0 bridgehead atoms. The summed E-state index contributed by atoms with van der Waals surface area (Å²) in [5, 5.41) is 7.36. The number of nitrogens with zero attached hydrogens (tertiary/aromatic N) is 2. The van der Waals surface area contributed by atoms with Gasteiger partial charge in [-0.2, -0.15) is 5.10 Å². The fourth-order valence-electron chi connectivity index (χ4n) is 2.23. The molecule has 0 saturated carbocycles. The monoisotopic (exact) mass is 335 g/mol. The van der Waals surface area contributed by atoms with E-state index in [0.29, 0.717) is 0 Å². The Morgan fingerprint density at radius 1 is 1.08 bits per heavy atom. The van der Waals surface area contributed by atoms with Gasteiger partial charge in [-0.15, -0.1) is 0 Å². The lowest BCUT2D eigenvalue weighted by molar-refractivity contribution is -0.118. The largest absolute Gasteiger partial charge is 0.272 e. The number of hydrogen-bond acceptors (Lipinski definition) is 4. The van der Waals surface area contributed by atoms with Crippen LogP contribution in [-0.4, -0.2) is 22.4 Å². The summed E-state index contributed by atoms with van der Waals surface area (Å²) in [4.78, 5) is 16.1. The first-order chi connectivity index (χ1) is 11.7. The molecule has 24 heavy (non-hydrogen) atoms. The van der Waals surface area contributed by atoms with E-state index in [1.165, 1.54) is 17.1 Å². The molecule has 0 aliphatic carbocycles. The summed E-state index contributed by atoms with van der Waals surface area (Å²) in [6.45, 7) is 1.89. The molecule has 120 valence electrons. The van der Waals surface area contributed by atoms with E-state index in [1.807, 2.05) is 43.3 Å². The number of pyridine rings is 1. The molecule has 2 aromatic carbocycles. The predicted molar refractivity (Wildman–Crippen MR) is 99.3 cm³/mol. The minimum Gasteiger partial charge on any atom is -0.272 e. The molecule has 3 rings (SSSR count). The highest BCUT2D eigenvalue weighted by molar-refractivity contribution is 7.99. The van der Waals surface area contributed by atoms with Crippen LogP contribution in [0.25, 0.3) is 10.8 Å². The molecule has 1 amide bonds. The lowest BCUT2D eigenvalue weighted by atomic mass is 10.0. The number of hydrazone groups is 1. The Labute approximate surface area is 145 Å². The number of nitrogens with one attached hydrogen (secondary N) is 1. The number of fused-ring (bicyclic) bond motifs is 1. The highest BCUT2D eigenvalue weighted by Gasteiger charge is 2.04. The molecule has 0 fully saturated rings. The number of benzene rings is 2. The number of carbonyl (C=O) groups excluding carboxylic acids is 1. The topological polar surface area (TPSA) is 54.4 Å². The number of hydrogen-bond donors (Lipinski definition) is 1. The average Bonchev–Trinajstić information content (AvgIpc) is 2.65. The number of aromatic nitrogens is 1. The van der Waals surface area contributed by atoms with Crippen LogP contribution in [0.15, 0.2) is 77.0 Å². The summed E-state index contributed by atoms with van der Waals surface area (Å²) in [6.07, 6.45) is 1.71. The molecule has 0 unspecified atom stereocenters. The van der Waals surface area contributed by atoms with Gasteiger partial charge in [0.2, 0.25) is 5.91 Å². The molecule has 0 aliphatic rings. The van der Waals surface area contributed by atoms with E-state index < -0.39 is 0 Å². The Balaban J connectivity index is 1.61. The van der Waals surface area contributed by atoms with Crippen LogP contribution in [0.5, 0.6) is 0 Å². The Hall–Kier alpha value is -2.66. The number of amides is 1. The lowest BCUT2D eigenvalue weighted by Gasteiger charge is -2.05. The van der Waals surface area contributed by atoms with Gasteiger partial charge in [0.1, 0.15) is 0 Å². The fourth-order valence-corrected chi connectivity index (χ4v) is 2.88. The quantitative estimate of drug-likeness (QED) is 0.437. The summed E-state index contributed by atoms with van der Waals surface area (Å²) in [5.74, 6) is 0.136. The van der Waals surface area contributed by atoms with Crippen molar-refractivity contribution in [3.8, 4) is 0 Å². The van der Waals surface area contributed by atoms with Crippen LogP contribution >= 0.6 is 11.8 Å². The van der Waals surface area contributed by atoms with Crippen LogP contribution in [0.1, 0.15) is 12.5 Å². The SMILES string of the molecule is C/C(=N\NC(=O)CSc1ccccn1)c1ccc2ccccc2c1. The van der Waals surface area contributed by atoms with E-state index in [2.05, 4.69) is 39.8 Å². The smallest absolute Gasteiger partial charge is 0.250 e. The third-order valence-electron chi connectivity index (χ3n) is 3.50. The minimum absolute atomic E-state index is 0.147. The summed E-state index contributed by atoms with van der Waals surface area (Å²) in [5.41, 5.74) is 4.37. The first kappa shape index (κ1) is 16.2. The maximum atomic E-state index is 11.9. The lowest BCUT2D eigenvalue weighted by Crippen LogP contribution is -2.21. The average molecular weight is 335 g/mol. The fraction of sp³-hybridized carbons (Fsp3) is 0.105. The van der Waals surface area contributed by atoms with Gasteiger partial charge >= 0.3 is 0 Å². The zero-order chi connectivity index (χ0) is 16.8. The van der Waals surface area contributed by atoms with Crippen LogP contribution in [0.2, 0.25) is 0 Å². The van der Waals surface area contributed by atoms with Gasteiger partial charge < -0.3 is 0 Å². The van der Waals surface area contributed by atoms with Gasteiger partial charge in [-0.05, 0) is 41.5 Å². The van der Waals surface area contributed by atoms with Crippen molar-refractivity contribution in [3.05, 3.63) is 72.4 Å². The molecule has 1 N–H and O–H groups in total. The molecule has 1 heterocycles. The normalized spacial score (nSPS) is 11.5. The molecule has 4 nitrogen and oxygen atoms in total. The van der Waals surface area contributed by atoms with Gasteiger partial charge in [-0.3, -0.25) is 4.79 Å². The van der Waals surface area contributed by atoms with Gasteiger partial charge in [-0.1, -0.05) is 54.2 Å². The summed E-state index contributed by atoms with van der Waals surface area (Å²) in [6, 6.07) is 19.9. The highest BCUT2D eigenvalue weighted by atomic mass is 32.2. The van der Waals surface area contributed by atoms with Crippen molar-refractivity contribution in [2.24, 2.45) is 5.10 Å². The van der Waals surface area contributed by atoms with Crippen LogP contribution < -0.4 is 5.43 Å². The molecular weight excluding hydrogens is 318 g/mol. The van der Waals surface area contributed by atoms with Crippen molar-refractivity contribution in [2.75, 3.05) is 5.75 Å². The molecule has 0 spiro atoms. The van der Waals surface area contributed by atoms with Gasteiger partial charge in [0.25, 0.3) is 0 Å². The van der Waals surface area contributed by atoms with Crippen molar-refractivity contribution in [3.63, 3.8) is 0 Å². The summed E-state index contributed by atoms with van der Waals surface area (Å²) in [7, 11) is 0. The third-order valence-corrected chi connectivity index (χ3v) is 4.45. The van der Waals surface area contributed by atoms with E-state index in [0.717, 1.165) is 21.7 Å². The van der Waals surface area contributed by atoms with Gasteiger partial charge in [-0.25, -0.2) is 10.4 Å². The first-order valence-corrected chi connectivity index (χ1v) is 8.57. The zero-order valence-corrected chi connectivity index (χ0v) is 14.1. The Morgan fingerprint density at radius 2 is 1.88 bits per heavy atom. The standard InChI is InChI=1S/C19H17N3OS/c1-14(16-10-9-15-6-2-3-7-17(15)12-16)21-22-18(23)13-24-19-8-4-5-11-20-19/h2-12H,13H2,1H3,(H,22,23)/b21-14+. The second kappa shape index (κ2) is 7.75. The first-order valence-electron chi connectivity index (χ1n) is 7.58. The van der Waals surface area contributed by atoms with Crippen LogP contribution in [-0.2, 0) is 4.79 Å². The van der Waals surface area contributed by atoms with Crippen molar-refractivity contribution < 1.29 is 4.79 Å². The molecule has 3 aromatic rings. The molecule has 0 aliphatic heterocycles. The van der Waals surface area contributed by atoms with E-state index in [9.17, 15) is 4.79 Å². The zero-order valence-electron chi connectivity index (χ0n) is 13.3. The molecule has 0 atom stereocenters. The highest BCUT2D eigenvalue weighted by Crippen LogP contribution is 2.16. The second-order valence-electron chi connectivity index (χ2n) is 5.25. The Bertz CT molecular complexity index is 878. The van der Waals surface area contributed by atoms with E-state index in [4.69, 9.17) is 0 Å². The van der Waals surface area contributed by atoms with Crippen LogP contribution in [0.3, 0.4) is 0 Å². The van der Waals surface area contributed by atoms with E-state index >= 15 is 0 Å². The molecule has 0 radical (unpaired) electrons. The number of rotatable bonds is 5. The van der Waals surface area contributed by atoms with Crippen molar-refractivity contribution in [1.82, 2.24) is 10.4 Å². The Morgan fingerprint density at radius 3 is 2.67 bits per heavy atom. The molecule has 1 aromatic heterocycles. The van der Waals surface area contributed by atoms with Gasteiger partial charge in [0, 0.05) is 6.20 Å². The maximum absolute atomic E-state index is 11.9. The van der Waals surface area contributed by atoms with Crippen molar-refractivity contribution in [2.45, 2.75) is 11.9 Å². The van der Waals surface area contributed by atoms with E-state index in [1.54, 1.807) is 6.20 Å². The Kier molecular flexibility index (Phi) is 5.23. The predicted octanol–water partition coefficient (Wildman–Crippen LogP) is 3.87. The van der Waals surface area contributed by atoms with Crippen molar-refractivity contribution >= 4 is 34.2 Å². The van der Waals surface area contributed by atoms with Crippen LogP contribution in [0.4, 0.5) is 0 Å². The van der Waals surface area contributed by atoms with E-state index in [-0.39, 0.29) is 11.7 Å². The summed E-state index contributed by atoms with van der Waals surface area (Å²) < 4.78 is 0. The number of thioether (sulfide) groups is 1. The summed E-state index contributed by atoms with van der Waals surface area (Å²) >= 11 is 1.39. The maximum Gasteiger partial charge on any atom is 0.250 e. The number of carbonyl (C=O) groups is 1. The molecule has 5 heteroatoms. The molecule has 0 saturated heterocycles.